The zero-order valence-corrected chi connectivity index (χ0v) is 12.1. The first-order valence-corrected chi connectivity index (χ1v) is 7.59. The fraction of sp³-hybridized carbons (Fsp3) is 0.0833. The highest BCUT2D eigenvalue weighted by molar-refractivity contribution is 7.89. The summed E-state index contributed by atoms with van der Waals surface area (Å²) >= 11 is 5.81. The predicted molar refractivity (Wildman–Crippen MR) is 76.4 cm³/mol. The molecule has 0 unspecified atom stereocenters. The van der Waals surface area contributed by atoms with Gasteiger partial charge in [0, 0.05) is 31.1 Å². The predicted octanol–water partition coefficient (Wildman–Crippen LogP) is 2.12. The van der Waals surface area contributed by atoms with Crippen LogP contribution in [0.25, 0.3) is 0 Å². The van der Waals surface area contributed by atoms with Crippen LogP contribution in [-0.4, -0.2) is 18.3 Å². The largest absolute Gasteiger partial charge is 0.270 e. The van der Waals surface area contributed by atoms with Crippen molar-refractivity contribution in [3.63, 3.8) is 0 Å². The maximum Gasteiger partial charge on any atom is 0.270 e. The molecule has 21 heavy (non-hydrogen) atoms. The number of pyridine rings is 1. The van der Waals surface area contributed by atoms with Gasteiger partial charge in [-0.2, -0.15) is 0 Å². The third-order valence-electron chi connectivity index (χ3n) is 2.60. The van der Waals surface area contributed by atoms with Crippen molar-refractivity contribution < 1.29 is 13.3 Å². The monoisotopic (exact) mass is 327 g/mol. The minimum atomic E-state index is -3.96. The molecular weight excluding hydrogens is 318 g/mol. The van der Waals surface area contributed by atoms with Gasteiger partial charge in [-0.15, -0.1) is 0 Å². The second-order valence-corrected chi connectivity index (χ2v) is 6.20. The lowest BCUT2D eigenvalue weighted by Crippen LogP contribution is -2.23. The fourth-order valence-electron chi connectivity index (χ4n) is 1.57. The molecular formula is C12H10ClN3O4S. The Balaban J connectivity index is 2.27. The van der Waals surface area contributed by atoms with Crippen LogP contribution in [0.15, 0.2) is 47.6 Å². The molecule has 0 aliphatic carbocycles. The lowest BCUT2D eigenvalue weighted by atomic mass is 10.3. The zero-order valence-electron chi connectivity index (χ0n) is 10.6. The molecule has 1 N–H and O–H groups in total. The Bertz CT molecular complexity index is 765. The van der Waals surface area contributed by atoms with Crippen LogP contribution in [0.5, 0.6) is 0 Å². The summed E-state index contributed by atoms with van der Waals surface area (Å²) in [5, 5.41) is 10.6. The average molecular weight is 328 g/mol. The van der Waals surface area contributed by atoms with E-state index in [1.807, 2.05) is 0 Å². The second kappa shape index (κ2) is 6.17. The molecule has 0 saturated heterocycles. The number of hydrogen-bond donors (Lipinski definition) is 1. The van der Waals surface area contributed by atoms with E-state index < -0.39 is 14.9 Å². The average Bonchev–Trinajstić information content (AvgIpc) is 2.46. The van der Waals surface area contributed by atoms with Crippen molar-refractivity contribution in [2.45, 2.75) is 11.4 Å². The van der Waals surface area contributed by atoms with Gasteiger partial charge in [-0.25, -0.2) is 13.1 Å². The first-order valence-electron chi connectivity index (χ1n) is 5.72. The molecule has 1 aromatic carbocycles. The molecule has 1 heterocycles. The molecule has 9 heteroatoms. The van der Waals surface area contributed by atoms with Gasteiger partial charge in [-0.1, -0.05) is 17.7 Å². The van der Waals surface area contributed by atoms with Crippen LogP contribution >= 0.6 is 11.6 Å². The Hall–Kier alpha value is -2.03. The summed E-state index contributed by atoms with van der Waals surface area (Å²) in [6.07, 6.45) is 3.08. The summed E-state index contributed by atoms with van der Waals surface area (Å²) in [5.41, 5.74) is 0.309. The molecule has 0 spiro atoms. The number of nitro groups is 1. The number of nitrogens with zero attached hydrogens (tertiary/aromatic N) is 2. The number of non-ortho nitro benzene ring substituents is 1. The van der Waals surface area contributed by atoms with Crippen molar-refractivity contribution in [3.05, 3.63) is 63.4 Å². The summed E-state index contributed by atoms with van der Waals surface area (Å²) in [6, 6.07) is 6.61. The second-order valence-electron chi connectivity index (χ2n) is 4.06. The summed E-state index contributed by atoms with van der Waals surface area (Å²) in [5.74, 6) is 0. The number of benzene rings is 1. The molecule has 0 bridgehead atoms. The van der Waals surface area contributed by atoms with E-state index in [1.165, 1.54) is 12.3 Å². The SMILES string of the molecule is O=[N+]([O-])c1ccc(Cl)c(S(=O)(=O)NCc2cccnc2)c1. The Morgan fingerprint density at radius 1 is 1.33 bits per heavy atom. The van der Waals surface area contributed by atoms with Crippen molar-refractivity contribution in [3.8, 4) is 0 Å². The van der Waals surface area contributed by atoms with Crippen LogP contribution in [-0.2, 0) is 16.6 Å². The molecule has 7 nitrogen and oxygen atoms in total. The lowest BCUT2D eigenvalue weighted by Gasteiger charge is -2.08. The van der Waals surface area contributed by atoms with Crippen LogP contribution in [0.1, 0.15) is 5.56 Å². The summed E-state index contributed by atoms with van der Waals surface area (Å²) in [7, 11) is -3.96. The lowest BCUT2D eigenvalue weighted by molar-refractivity contribution is -0.385. The van der Waals surface area contributed by atoms with Crippen LogP contribution in [0.3, 0.4) is 0 Å². The van der Waals surface area contributed by atoms with Gasteiger partial charge in [0.2, 0.25) is 10.0 Å². The van der Waals surface area contributed by atoms with E-state index >= 15 is 0 Å². The minimum Gasteiger partial charge on any atom is -0.264 e. The number of nitro benzene ring substituents is 1. The Kier molecular flexibility index (Phi) is 4.51. The molecule has 0 aliphatic heterocycles. The smallest absolute Gasteiger partial charge is 0.264 e. The highest BCUT2D eigenvalue weighted by Gasteiger charge is 2.21. The van der Waals surface area contributed by atoms with Gasteiger partial charge in [-0.3, -0.25) is 15.1 Å². The number of rotatable bonds is 5. The maximum absolute atomic E-state index is 12.2. The quantitative estimate of drug-likeness (QED) is 0.669. The van der Waals surface area contributed by atoms with E-state index in [2.05, 4.69) is 9.71 Å². The first kappa shape index (κ1) is 15.4. The van der Waals surface area contributed by atoms with Crippen molar-refractivity contribution in [2.24, 2.45) is 0 Å². The Morgan fingerprint density at radius 3 is 2.71 bits per heavy atom. The van der Waals surface area contributed by atoms with Crippen molar-refractivity contribution in [1.29, 1.82) is 0 Å². The highest BCUT2D eigenvalue weighted by atomic mass is 35.5. The fourth-order valence-corrected chi connectivity index (χ4v) is 3.11. The van der Waals surface area contributed by atoms with Crippen LogP contribution in [0.4, 0.5) is 5.69 Å². The van der Waals surface area contributed by atoms with Crippen LogP contribution in [0.2, 0.25) is 5.02 Å². The summed E-state index contributed by atoms with van der Waals surface area (Å²) < 4.78 is 26.6. The number of halogens is 1. The molecule has 0 saturated carbocycles. The number of aromatic nitrogens is 1. The van der Waals surface area contributed by atoms with Gasteiger partial charge < -0.3 is 0 Å². The normalized spacial score (nSPS) is 11.3. The third kappa shape index (κ3) is 3.75. The molecule has 110 valence electrons. The van der Waals surface area contributed by atoms with Gasteiger partial charge in [-0.05, 0) is 17.7 Å². The van der Waals surface area contributed by atoms with Gasteiger partial charge >= 0.3 is 0 Å². The number of hydrogen-bond acceptors (Lipinski definition) is 5. The Labute approximate surface area is 125 Å². The molecule has 0 atom stereocenters. The minimum absolute atomic E-state index is 0.00912. The van der Waals surface area contributed by atoms with Crippen LogP contribution in [0, 0.1) is 10.1 Å². The molecule has 0 amide bonds. The molecule has 1 aromatic heterocycles. The van der Waals surface area contributed by atoms with E-state index in [-0.39, 0.29) is 22.2 Å². The van der Waals surface area contributed by atoms with Crippen LogP contribution < -0.4 is 4.72 Å². The maximum atomic E-state index is 12.2. The summed E-state index contributed by atoms with van der Waals surface area (Å²) in [6.45, 7) is 0.00912. The summed E-state index contributed by atoms with van der Waals surface area (Å²) in [4.78, 5) is 13.6. The van der Waals surface area contributed by atoms with Crippen molar-refractivity contribution in [1.82, 2.24) is 9.71 Å². The van der Waals surface area contributed by atoms with E-state index in [0.29, 0.717) is 5.56 Å². The number of sulfonamides is 1. The van der Waals surface area contributed by atoms with E-state index in [1.54, 1.807) is 18.3 Å². The molecule has 0 radical (unpaired) electrons. The van der Waals surface area contributed by atoms with E-state index in [4.69, 9.17) is 11.6 Å². The molecule has 2 rings (SSSR count). The van der Waals surface area contributed by atoms with Crippen molar-refractivity contribution >= 4 is 27.3 Å². The van der Waals surface area contributed by atoms with Gasteiger partial charge in [0.1, 0.15) is 4.90 Å². The zero-order chi connectivity index (χ0) is 15.5. The number of nitrogens with one attached hydrogen (secondary N) is 1. The third-order valence-corrected chi connectivity index (χ3v) is 4.49. The van der Waals surface area contributed by atoms with Gasteiger partial charge in [0.15, 0.2) is 0 Å². The topological polar surface area (TPSA) is 102 Å². The molecule has 2 aromatic rings. The van der Waals surface area contributed by atoms with Gasteiger partial charge in [0.05, 0.1) is 9.95 Å². The Morgan fingerprint density at radius 2 is 2.10 bits per heavy atom. The standard InChI is InChI=1S/C12H10ClN3O4S/c13-11-4-3-10(16(17)18)6-12(11)21(19,20)15-8-9-2-1-5-14-7-9/h1-7,15H,8H2. The van der Waals surface area contributed by atoms with E-state index in [0.717, 1.165) is 12.1 Å². The molecule has 0 fully saturated rings. The first-order chi connectivity index (χ1) is 9.90. The van der Waals surface area contributed by atoms with Crippen molar-refractivity contribution in [2.75, 3.05) is 0 Å². The highest BCUT2D eigenvalue weighted by Crippen LogP contribution is 2.26. The van der Waals surface area contributed by atoms with Gasteiger partial charge in [0.25, 0.3) is 5.69 Å². The van der Waals surface area contributed by atoms with E-state index in [9.17, 15) is 18.5 Å². The molecule has 0 aliphatic rings.